The van der Waals surface area contributed by atoms with Gasteiger partial charge >= 0.3 is 12.1 Å². The second kappa shape index (κ2) is 8.39. The summed E-state index contributed by atoms with van der Waals surface area (Å²) in [5, 5.41) is 2.75. The summed E-state index contributed by atoms with van der Waals surface area (Å²) in [5.41, 5.74) is 12.7. The zero-order valence-electron chi connectivity index (χ0n) is 16.5. The third-order valence-corrected chi connectivity index (χ3v) is 5.42. The number of urea groups is 1. The van der Waals surface area contributed by atoms with Gasteiger partial charge in [-0.25, -0.2) is 20.4 Å². The monoisotopic (exact) mass is 391 g/mol. The molecule has 150 valence electrons. The van der Waals surface area contributed by atoms with Crippen LogP contribution in [0.25, 0.3) is 0 Å². The molecule has 6 heteroatoms. The molecule has 4 aliphatic carbocycles. The van der Waals surface area contributed by atoms with Crippen molar-refractivity contribution >= 4 is 12.1 Å². The molecular weight excluding hydrogens is 366 g/mol. The van der Waals surface area contributed by atoms with E-state index in [-0.39, 0.29) is 6.61 Å². The average Bonchev–Trinajstić information content (AvgIpc) is 2.74. The van der Waals surface area contributed by atoms with Gasteiger partial charge in [0, 0.05) is 12.5 Å². The lowest BCUT2D eigenvalue weighted by Crippen LogP contribution is -2.47. The van der Waals surface area contributed by atoms with Crippen molar-refractivity contribution in [1.82, 2.24) is 16.2 Å². The van der Waals surface area contributed by atoms with Crippen LogP contribution < -0.4 is 16.2 Å². The van der Waals surface area contributed by atoms with Crippen LogP contribution in [0.15, 0.2) is 82.0 Å². The van der Waals surface area contributed by atoms with E-state index in [2.05, 4.69) is 69.5 Å². The quantitative estimate of drug-likeness (QED) is 0.491. The average molecular weight is 391 g/mol. The molecule has 0 bridgehead atoms. The minimum absolute atomic E-state index is 0.248. The van der Waals surface area contributed by atoms with Gasteiger partial charge < -0.3 is 10.1 Å². The molecule has 0 heterocycles. The summed E-state index contributed by atoms with van der Waals surface area (Å²) in [6, 6.07) is -0.456. The summed E-state index contributed by atoms with van der Waals surface area (Å²) in [6.07, 6.45) is 19.8. The zero-order chi connectivity index (χ0) is 20.2. The fourth-order valence-electron chi connectivity index (χ4n) is 4.21. The molecule has 0 aromatic carbocycles. The number of carbonyl (C=O) groups is 2. The van der Waals surface area contributed by atoms with Crippen LogP contribution in [0.4, 0.5) is 9.59 Å². The number of ether oxygens (including phenoxy) is 1. The summed E-state index contributed by atoms with van der Waals surface area (Å²) in [6.45, 7) is 2.45. The van der Waals surface area contributed by atoms with E-state index in [1.54, 1.807) is 6.92 Å². The summed E-state index contributed by atoms with van der Waals surface area (Å²) in [5.74, 6) is 0.363. The van der Waals surface area contributed by atoms with Gasteiger partial charge in [0.1, 0.15) is 0 Å². The van der Waals surface area contributed by atoms with Crippen molar-refractivity contribution in [2.24, 2.45) is 5.92 Å². The smallest absolute Gasteiger partial charge is 0.426 e. The standard InChI is InChI=1S/C23H25N3O3/c1-2-29-23(28)26-25-22(27)24-13-5-9-17-14-18-8-3-6-15-11-12-16-7-4-10-19(17)21(16)20(15)18/h3-4,6,8,10-12,14,20H,2,5,7,9,13H2,1H3,(H,26,28)(H2,24,25,27). The number of hydrogen-bond acceptors (Lipinski definition) is 3. The number of hydrogen-bond donors (Lipinski definition) is 3. The molecule has 0 aromatic rings. The lowest BCUT2D eigenvalue weighted by molar-refractivity contribution is 0.147. The summed E-state index contributed by atoms with van der Waals surface area (Å²) >= 11 is 0. The second-order valence-electron chi connectivity index (χ2n) is 7.25. The van der Waals surface area contributed by atoms with Gasteiger partial charge in [-0.3, -0.25) is 0 Å². The Morgan fingerprint density at radius 2 is 2.03 bits per heavy atom. The maximum absolute atomic E-state index is 11.7. The molecule has 0 aromatic heterocycles. The van der Waals surface area contributed by atoms with Gasteiger partial charge in [0.05, 0.1) is 6.61 Å². The first-order valence-electron chi connectivity index (χ1n) is 10.0. The molecule has 1 unspecified atom stereocenters. The molecule has 0 spiro atoms. The zero-order valence-corrected chi connectivity index (χ0v) is 16.5. The minimum atomic E-state index is -0.679. The Morgan fingerprint density at radius 3 is 2.90 bits per heavy atom. The van der Waals surface area contributed by atoms with E-state index in [4.69, 9.17) is 0 Å². The summed E-state index contributed by atoms with van der Waals surface area (Å²) < 4.78 is 4.68. The first-order chi connectivity index (χ1) is 14.2. The van der Waals surface area contributed by atoms with E-state index < -0.39 is 12.1 Å². The van der Waals surface area contributed by atoms with Crippen LogP contribution in [0.1, 0.15) is 26.2 Å². The molecule has 0 saturated carbocycles. The van der Waals surface area contributed by atoms with Gasteiger partial charge in [0.2, 0.25) is 0 Å². The van der Waals surface area contributed by atoms with E-state index in [0.717, 1.165) is 19.3 Å². The van der Waals surface area contributed by atoms with Crippen LogP contribution in [0, 0.1) is 5.92 Å². The maximum Gasteiger partial charge on any atom is 0.426 e. The van der Waals surface area contributed by atoms with Crippen molar-refractivity contribution < 1.29 is 14.3 Å². The van der Waals surface area contributed by atoms with E-state index >= 15 is 0 Å². The van der Waals surface area contributed by atoms with Crippen LogP contribution in [0.2, 0.25) is 0 Å². The van der Waals surface area contributed by atoms with Crippen molar-refractivity contribution in [3.63, 3.8) is 0 Å². The van der Waals surface area contributed by atoms with Gasteiger partial charge in [-0.2, -0.15) is 0 Å². The number of carbonyl (C=O) groups excluding carboxylic acids is 2. The van der Waals surface area contributed by atoms with Crippen molar-refractivity contribution in [2.45, 2.75) is 26.2 Å². The Labute approximate surface area is 170 Å². The molecule has 4 aliphatic rings. The van der Waals surface area contributed by atoms with E-state index in [9.17, 15) is 9.59 Å². The Kier molecular flexibility index (Phi) is 5.51. The normalized spacial score (nSPS) is 20.7. The first-order valence-corrected chi connectivity index (χ1v) is 10.0. The van der Waals surface area contributed by atoms with Crippen molar-refractivity contribution in [3.05, 3.63) is 82.0 Å². The molecular formula is C23H25N3O3. The van der Waals surface area contributed by atoms with E-state index in [1.807, 2.05) is 0 Å². The Hall–Kier alpha value is -3.28. The van der Waals surface area contributed by atoms with E-state index in [1.165, 1.54) is 33.4 Å². The van der Waals surface area contributed by atoms with Gasteiger partial charge in [0.25, 0.3) is 0 Å². The Morgan fingerprint density at radius 1 is 1.14 bits per heavy atom. The predicted molar refractivity (Wildman–Crippen MR) is 112 cm³/mol. The number of hydrazine groups is 1. The molecule has 0 saturated heterocycles. The second-order valence-corrected chi connectivity index (χ2v) is 7.25. The molecule has 29 heavy (non-hydrogen) atoms. The Bertz CT molecular complexity index is 944. The van der Waals surface area contributed by atoms with Gasteiger partial charge in [-0.1, -0.05) is 48.6 Å². The topological polar surface area (TPSA) is 79.5 Å². The van der Waals surface area contributed by atoms with E-state index in [0.29, 0.717) is 12.5 Å². The lowest BCUT2D eigenvalue weighted by Gasteiger charge is -2.37. The highest BCUT2D eigenvalue weighted by Gasteiger charge is 2.34. The molecule has 6 nitrogen and oxygen atoms in total. The minimum Gasteiger partial charge on any atom is -0.449 e. The third kappa shape index (κ3) is 3.97. The molecule has 1 atom stereocenters. The summed E-state index contributed by atoms with van der Waals surface area (Å²) in [7, 11) is 0. The molecule has 3 amide bonds. The highest BCUT2D eigenvalue weighted by molar-refractivity contribution is 5.77. The van der Waals surface area contributed by atoms with Gasteiger partial charge in [0.15, 0.2) is 0 Å². The first kappa shape index (κ1) is 19.1. The van der Waals surface area contributed by atoms with Crippen LogP contribution in [0.5, 0.6) is 0 Å². The third-order valence-electron chi connectivity index (χ3n) is 5.42. The SMILES string of the molecule is CCOC(=O)NNC(=O)NCCCC1=CC2=CC=CC3=CC=C4CC=CC1=C4C32. The van der Waals surface area contributed by atoms with Crippen LogP contribution >= 0.6 is 0 Å². The largest absolute Gasteiger partial charge is 0.449 e. The van der Waals surface area contributed by atoms with Crippen molar-refractivity contribution in [1.29, 1.82) is 0 Å². The highest BCUT2D eigenvalue weighted by atomic mass is 16.6. The molecule has 4 rings (SSSR count). The molecule has 3 N–H and O–H groups in total. The number of allylic oxidation sites excluding steroid dienone is 14. The van der Waals surface area contributed by atoms with Gasteiger partial charge in [-0.15, -0.1) is 0 Å². The number of nitrogens with one attached hydrogen (secondary N) is 3. The number of amides is 3. The highest BCUT2D eigenvalue weighted by Crippen LogP contribution is 2.49. The molecule has 0 radical (unpaired) electrons. The Balaban J connectivity index is 1.36. The number of rotatable bonds is 5. The molecule has 0 aliphatic heterocycles. The fourth-order valence-corrected chi connectivity index (χ4v) is 4.21. The predicted octanol–water partition coefficient (Wildman–Crippen LogP) is 3.90. The fraction of sp³-hybridized carbons (Fsp3) is 0.304. The van der Waals surface area contributed by atoms with Crippen molar-refractivity contribution in [2.75, 3.05) is 13.2 Å². The van der Waals surface area contributed by atoms with Gasteiger partial charge in [-0.05, 0) is 59.6 Å². The summed E-state index contributed by atoms with van der Waals surface area (Å²) in [4.78, 5) is 22.9. The van der Waals surface area contributed by atoms with Crippen molar-refractivity contribution in [3.8, 4) is 0 Å². The van der Waals surface area contributed by atoms with Crippen LogP contribution in [0.3, 0.4) is 0 Å². The van der Waals surface area contributed by atoms with Crippen LogP contribution in [-0.2, 0) is 4.74 Å². The van der Waals surface area contributed by atoms with Crippen LogP contribution in [-0.4, -0.2) is 25.3 Å². The lowest BCUT2D eigenvalue weighted by atomic mass is 9.67. The maximum atomic E-state index is 11.7. The molecule has 0 fully saturated rings.